The number of ketones is 2. The van der Waals surface area contributed by atoms with E-state index in [1.165, 1.54) is 17.0 Å². The maximum atomic E-state index is 14.0. The molecular formula is C32H32N2O9. The first-order valence-corrected chi connectivity index (χ1v) is 13.7. The van der Waals surface area contributed by atoms with E-state index in [1.807, 2.05) is 0 Å². The molecule has 0 unspecified atom stereocenters. The molecule has 0 radical (unpaired) electrons. The average molecular weight is 589 g/mol. The van der Waals surface area contributed by atoms with Gasteiger partial charge in [-0.3, -0.25) is 24.1 Å². The van der Waals surface area contributed by atoms with Crippen molar-refractivity contribution in [2.24, 2.45) is 17.6 Å². The molecule has 11 heteroatoms. The van der Waals surface area contributed by atoms with E-state index >= 15 is 0 Å². The first-order chi connectivity index (χ1) is 20.3. The maximum Gasteiger partial charge on any atom is 0.310 e. The molecule has 11 nitrogen and oxygen atoms in total. The number of Topliss-reactive ketones (excluding diaryl/α,β-unsaturated/α-hetero) is 2. The van der Waals surface area contributed by atoms with Gasteiger partial charge in [0, 0.05) is 11.5 Å². The van der Waals surface area contributed by atoms with Crippen LogP contribution in [-0.4, -0.2) is 81.1 Å². The second-order valence-corrected chi connectivity index (χ2v) is 11.3. The van der Waals surface area contributed by atoms with Gasteiger partial charge in [-0.2, -0.15) is 0 Å². The van der Waals surface area contributed by atoms with Crippen molar-refractivity contribution < 1.29 is 44.3 Å². The summed E-state index contributed by atoms with van der Waals surface area (Å²) in [5.41, 5.74) is 4.25. The molecule has 3 aliphatic rings. The summed E-state index contributed by atoms with van der Waals surface area (Å²) in [6.07, 6.45) is 1.70. The van der Waals surface area contributed by atoms with E-state index in [2.05, 4.69) is 6.58 Å². The quantitative estimate of drug-likeness (QED) is 0.182. The van der Waals surface area contributed by atoms with Crippen LogP contribution in [0.4, 0.5) is 0 Å². The van der Waals surface area contributed by atoms with Crippen LogP contribution in [0.2, 0.25) is 0 Å². The summed E-state index contributed by atoms with van der Waals surface area (Å²) in [5, 5.41) is 44.9. The highest BCUT2D eigenvalue weighted by atomic mass is 16.5. The third-order valence-electron chi connectivity index (χ3n) is 8.58. The number of aliphatic hydroxyl groups excluding tert-OH is 2. The third kappa shape index (κ3) is 4.61. The topological polar surface area (TPSA) is 188 Å². The number of primary amides is 1. The second kappa shape index (κ2) is 10.8. The fourth-order valence-corrected chi connectivity index (χ4v) is 6.69. The van der Waals surface area contributed by atoms with Gasteiger partial charge < -0.3 is 30.9 Å². The molecule has 1 saturated carbocycles. The van der Waals surface area contributed by atoms with Crippen molar-refractivity contribution in [3.63, 3.8) is 0 Å². The highest BCUT2D eigenvalue weighted by Gasteiger charge is 2.64. The van der Waals surface area contributed by atoms with Gasteiger partial charge in [-0.15, -0.1) is 0 Å². The Morgan fingerprint density at radius 2 is 1.79 bits per heavy atom. The van der Waals surface area contributed by atoms with E-state index in [1.54, 1.807) is 44.4 Å². The number of carbonyl (C=O) groups excluding carboxylic acids is 4. The number of nitrogens with two attached hydrogens (primary N) is 1. The van der Waals surface area contributed by atoms with Crippen molar-refractivity contribution >= 4 is 29.2 Å². The monoisotopic (exact) mass is 588 g/mol. The number of esters is 1. The van der Waals surface area contributed by atoms with Gasteiger partial charge in [0.15, 0.2) is 11.4 Å². The van der Waals surface area contributed by atoms with Gasteiger partial charge in [-0.1, -0.05) is 43.0 Å². The lowest BCUT2D eigenvalue weighted by Gasteiger charge is -2.50. The molecule has 5 rings (SSSR count). The summed E-state index contributed by atoms with van der Waals surface area (Å²) < 4.78 is 5.04. The van der Waals surface area contributed by atoms with Crippen molar-refractivity contribution in [2.45, 2.75) is 30.9 Å². The number of amides is 1. The molecule has 1 amide bonds. The molecule has 43 heavy (non-hydrogen) atoms. The number of aliphatic hydroxyl groups is 3. The van der Waals surface area contributed by atoms with Gasteiger partial charge in [0.25, 0.3) is 5.91 Å². The van der Waals surface area contributed by atoms with E-state index in [-0.39, 0.29) is 42.8 Å². The van der Waals surface area contributed by atoms with Crippen LogP contribution < -0.4 is 5.73 Å². The first kappa shape index (κ1) is 29.7. The van der Waals surface area contributed by atoms with Gasteiger partial charge in [-0.05, 0) is 61.2 Å². The SMILES string of the molecule is C=CCOC(=O)Cc1ccc(-c2ccc(O)c3c2C[C@@H]2C[C@@H]4[C@@H](N(C)C)C(=O)C(C(N)=O)=C(O)[C@]4(O)C(=O)C2=C3O)cc1. The lowest BCUT2D eigenvalue weighted by molar-refractivity contribution is -0.153. The molecule has 0 spiro atoms. The molecule has 0 aromatic heterocycles. The Morgan fingerprint density at radius 1 is 1.12 bits per heavy atom. The zero-order chi connectivity index (χ0) is 31.4. The summed E-state index contributed by atoms with van der Waals surface area (Å²) in [7, 11) is 3.10. The minimum absolute atomic E-state index is 0.00543. The third-order valence-corrected chi connectivity index (χ3v) is 8.58. The molecule has 6 N–H and O–H groups in total. The zero-order valence-corrected chi connectivity index (χ0v) is 23.7. The van der Waals surface area contributed by atoms with Crippen LogP contribution in [0, 0.1) is 11.8 Å². The molecule has 1 fully saturated rings. The number of nitrogens with zero attached hydrogens (tertiary/aromatic N) is 1. The van der Waals surface area contributed by atoms with Crippen LogP contribution in [0.1, 0.15) is 23.1 Å². The van der Waals surface area contributed by atoms with Crippen molar-refractivity contribution in [1.29, 1.82) is 0 Å². The number of hydrogen-bond donors (Lipinski definition) is 5. The van der Waals surface area contributed by atoms with Crippen molar-refractivity contribution in [1.82, 2.24) is 4.90 Å². The van der Waals surface area contributed by atoms with Crippen LogP contribution >= 0.6 is 0 Å². The van der Waals surface area contributed by atoms with E-state index in [9.17, 15) is 39.6 Å². The fraction of sp³-hybridized carbons (Fsp3) is 0.312. The Bertz CT molecular complexity index is 1640. The van der Waals surface area contributed by atoms with E-state index in [0.717, 1.165) is 5.56 Å². The van der Waals surface area contributed by atoms with Gasteiger partial charge in [0.1, 0.15) is 29.4 Å². The van der Waals surface area contributed by atoms with Crippen molar-refractivity contribution in [3.05, 3.63) is 82.6 Å². The molecular weight excluding hydrogens is 556 g/mol. The van der Waals surface area contributed by atoms with E-state index < -0.39 is 64.0 Å². The number of phenols is 1. The van der Waals surface area contributed by atoms with Gasteiger partial charge >= 0.3 is 5.97 Å². The van der Waals surface area contributed by atoms with Crippen LogP contribution in [0.15, 0.2) is 66.0 Å². The largest absolute Gasteiger partial charge is 0.508 e. The smallest absolute Gasteiger partial charge is 0.310 e. The molecule has 0 aliphatic heterocycles. The number of hydrogen-bond acceptors (Lipinski definition) is 10. The Morgan fingerprint density at radius 3 is 2.40 bits per heavy atom. The second-order valence-electron chi connectivity index (χ2n) is 11.3. The van der Waals surface area contributed by atoms with Crippen molar-refractivity contribution in [3.8, 4) is 16.9 Å². The number of ether oxygens (including phenoxy) is 1. The minimum Gasteiger partial charge on any atom is -0.508 e. The maximum absolute atomic E-state index is 14.0. The van der Waals surface area contributed by atoms with Crippen LogP contribution in [0.5, 0.6) is 5.75 Å². The van der Waals surface area contributed by atoms with Crippen LogP contribution in [-0.2, 0) is 36.8 Å². The summed E-state index contributed by atoms with van der Waals surface area (Å²) in [4.78, 5) is 52.8. The lowest BCUT2D eigenvalue weighted by Crippen LogP contribution is -2.65. The average Bonchev–Trinajstić information content (AvgIpc) is 2.94. The summed E-state index contributed by atoms with van der Waals surface area (Å²) in [5.74, 6) is -7.40. The summed E-state index contributed by atoms with van der Waals surface area (Å²) >= 11 is 0. The predicted octanol–water partition coefficient (Wildman–Crippen LogP) is 1.90. The number of aromatic hydroxyl groups is 1. The molecule has 4 atom stereocenters. The highest BCUT2D eigenvalue weighted by molar-refractivity contribution is 6.24. The summed E-state index contributed by atoms with van der Waals surface area (Å²) in [6.45, 7) is 3.63. The molecule has 0 bridgehead atoms. The first-order valence-electron chi connectivity index (χ1n) is 13.7. The Hall–Kier alpha value is -4.74. The van der Waals surface area contributed by atoms with Crippen LogP contribution in [0.25, 0.3) is 16.9 Å². The normalized spacial score (nSPS) is 24.8. The Kier molecular flexibility index (Phi) is 7.49. The van der Waals surface area contributed by atoms with E-state index in [4.69, 9.17) is 10.5 Å². The van der Waals surface area contributed by atoms with E-state index in [0.29, 0.717) is 16.7 Å². The van der Waals surface area contributed by atoms with Gasteiger partial charge in [0.05, 0.1) is 18.0 Å². The predicted molar refractivity (Wildman–Crippen MR) is 155 cm³/mol. The molecule has 3 aliphatic carbocycles. The highest BCUT2D eigenvalue weighted by Crippen LogP contribution is 2.53. The Balaban J connectivity index is 1.60. The molecule has 2 aromatic rings. The fourth-order valence-electron chi connectivity index (χ4n) is 6.69. The number of phenolic OH excluding ortho intramolecular Hbond substituents is 1. The number of fused-ring (bicyclic) bond motifs is 3. The lowest BCUT2D eigenvalue weighted by atomic mass is 9.57. The van der Waals surface area contributed by atoms with Gasteiger partial charge in [0.2, 0.25) is 5.78 Å². The van der Waals surface area contributed by atoms with Crippen LogP contribution in [0.3, 0.4) is 0 Å². The number of rotatable bonds is 7. The number of carbonyl (C=O) groups is 4. The minimum atomic E-state index is -2.69. The molecule has 2 aromatic carbocycles. The summed E-state index contributed by atoms with van der Waals surface area (Å²) in [6, 6.07) is 9.01. The molecule has 0 saturated heterocycles. The Labute approximate surface area is 247 Å². The van der Waals surface area contributed by atoms with Crippen molar-refractivity contribution in [2.75, 3.05) is 20.7 Å². The number of benzene rings is 2. The van der Waals surface area contributed by atoms with Gasteiger partial charge in [-0.25, -0.2) is 0 Å². The standard InChI is InChI=1S/C32H32N2O9/c1-4-11-43-22(36)12-15-5-7-16(8-6-15)18-9-10-21(35)24-19(18)13-17-14-20-26(34(2)3)28(38)25(31(33)41)30(40)32(20,42)29(39)23(17)27(24)37/h4-10,17,20,26,35,37,40,42H,1,11-14H2,2-3H3,(H2,33,41)/t17-,20-,26-,32-/m1/s1. The number of likely N-dealkylation sites (N-methyl/N-ethyl adjacent to an activating group) is 1. The molecule has 224 valence electrons. The molecule has 0 heterocycles. The zero-order valence-electron chi connectivity index (χ0n) is 23.7.